The van der Waals surface area contributed by atoms with Crippen LogP contribution in [0.15, 0.2) is 66.7 Å². The summed E-state index contributed by atoms with van der Waals surface area (Å²) in [5.41, 5.74) is 9.43. The summed E-state index contributed by atoms with van der Waals surface area (Å²) in [5.74, 6) is -0.725. The Hall–Kier alpha value is -4.60. The van der Waals surface area contributed by atoms with Crippen LogP contribution in [0.5, 0.6) is 0 Å². The first-order valence-corrected chi connectivity index (χ1v) is 11.5. The molecule has 37 heavy (non-hydrogen) atoms. The summed E-state index contributed by atoms with van der Waals surface area (Å²) < 4.78 is 40.6. The highest BCUT2D eigenvalue weighted by Gasteiger charge is 2.30. The van der Waals surface area contributed by atoms with E-state index in [4.69, 9.17) is 5.73 Å². The van der Waals surface area contributed by atoms with E-state index in [2.05, 4.69) is 21.8 Å². The van der Waals surface area contributed by atoms with Gasteiger partial charge in [0.1, 0.15) is 17.1 Å². The Labute approximate surface area is 210 Å². The third kappa shape index (κ3) is 4.77. The van der Waals surface area contributed by atoms with Crippen LogP contribution >= 0.6 is 0 Å². The van der Waals surface area contributed by atoms with Gasteiger partial charge in [0.15, 0.2) is 0 Å². The molecule has 0 spiro atoms. The molecular formula is C27H22F3N5O2. The number of hydrogen-bond donors (Lipinski definition) is 3. The molecule has 1 aromatic heterocycles. The molecule has 7 nitrogen and oxygen atoms in total. The van der Waals surface area contributed by atoms with E-state index in [9.17, 15) is 22.8 Å². The number of primary amides is 1. The zero-order chi connectivity index (χ0) is 26.3. The maximum absolute atomic E-state index is 13.0. The second kappa shape index (κ2) is 9.12. The molecule has 2 amide bonds. The highest BCUT2D eigenvalue weighted by molar-refractivity contribution is 6.06. The number of carbonyl (C=O) groups excluding carboxylic acids is 2. The van der Waals surface area contributed by atoms with Crippen LogP contribution in [0.25, 0.3) is 11.3 Å². The molecule has 5 rings (SSSR count). The van der Waals surface area contributed by atoms with Gasteiger partial charge in [-0.1, -0.05) is 35.9 Å². The number of aryl methyl sites for hydroxylation is 3. The van der Waals surface area contributed by atoms with Crippen LogP contribution in [0.1, 0.15) is 37.4 Å². The monoisotopic (exact) mass is 505 g/mol. The highest BCUT2D eigenvalue weighted by Crippen LogP contribution is 2.35. The van der Waals surface area contributed by atoms with E-state index in [0.29, 0.717) is 30.0 Å². The molecule has 0 unspecified atom stereocenters. The van der Waals surface area contributed by atoms with Crippen molar-refractivity contribution in [3.63, 3.8) is 0 Å². The van der Waals surface area contributed by atoms with Crippen molar-refractivity contribution in [2.24, 2.45) is 5.73 Å². The third-order valence-corrected chi connectivity index (χ3v) is 6.17. The number of halogens is 3. The van der Waals surface area contributed by atoms with E-state index in [-0.39, 0.29) is 16.8 Å². The summed E-state index contributed by atoms with van der Waals surface area (Å²) in [4.78, 5) is 25.1. The average Bonchev–Trinajstić information content (AvgIpc) is 3.13. The SMILES string of the molecule is Cc1ccc2c(c1)CCn1nc(-c3ccc(C(=O)Nc4cccc(C(F)(F)F)c4)cc3)c(C(N)=O)c1N2. The number of rotatable bonds is 4. The van der Waals surface area contributed by atoms with Crippen molar-refractivity contribution in [1.82, 2.24) is 9.78 Å². The van der Waals surface area contributed by atoms with Gasteiger partial charge in [-0.25, -0.2) is 4.68 Å². The maximum Gasteiger partial charge on any atom is 0.416 e. The summed E-state index contributed by atoms with van der Waals surface area (Å²) in [7, 11) is 0. The lowest BCUT2D eigenvalue weighted by Gasteiger charge is -2.10. The molecule has 4 N–H and O–H groups in total. The van der Waals surface area contributed by atoms with E-state index in [1.165, 1.54) is 24.3 Å². The van der Waals surface area contributed by atoms with Gasteiger partial charge in [0.05, 0.1) is 5.56 Å². The molecule has 188 valence electrons. The van der Waals surface area contributed by atoms with Gasteiger partial charge in [0.2, 0.25) is 0 Å². The van der Waals surface area contributed by atoms with Gasteiger partial charge >= 0.3 is 6.18 Å². The van der Waals surface area contributed by atoms with Crippen LogP contribution in [0.4, 0.5) is 30.4 Å². The molecular weight excluding hydrogens is 483 g/mol. The normalized spacial score (nSPS) is 12.6. The van der Waals surface area contributed by atoms with Crippen molar-refractivity contribution in [3.05, 3.63) is 94.5 Å². The van der Waals surface area contributed by atoms with Crippen molar-refractivity contribution in [2.75, 3.05) is 10.6 Å². The van der Waals surface area contributed by atoms with Gasteiger partial charge in [0.25, 0.3) is 11.8 Å². The molecule has 4 aromatic rings. The van der Waals surface area contributed by atoms with Gasteiger partial charge < -0.3 is 16.4 Å². The fraction of sp³-hybridized carbons (Fsp3) is 0.148. The molecule has 10 heteroatoms. The number of hydrogen-bond acceptors (Lipinski definition) is 4. The maximum atomic E-state index is 13.0. The predicted molar refractivity (Wildman–Crippen MR) is 134 cm³/mol. The first-order chi connectivity index (χ1) is 17.6. The number of nitrogens with two attached hydrogens (primary N) is 1. The molecule has 0 aliphatic carbocycles. The number of benzene rings is 3. The molecule has 2 heterocycles. The van der Waals surface area contributed by atoms with Crippen molar-refractivity contribution < 1.29 is 22.8 Å². The van der Waals surface area contributed by atoms with Crippen LogP contribution < -0.4 is 16.4 Å². The first-order valence-electron chi connectivity index (χ1n) is 11.5. The third-order valence-electron chi connectivity index (χ3n) is 6.17. The van der Waals surface area contributed by atoms with Crippen LogP contribution in [0, 0.1) is 6.92 Å². The standard InChI is InChI=1S/C27H22F3N5O2/c1-15-5-10-21-18(13-15)11-12-35-25(33-21)22(24(31)36)23(34-35)16-6-8-17(9-7-16)26(37)32-20-4-2-3-19(14-20)27(28,29)30/h2-10,13-14,33H,11-12H2,1H3,(H2,31,36)(H,32,37). The zero-order valence-corrected chi connectivity index (χ0v) is 19.7. The summed E-state index contributed by atoms with van der Waals surface area (Å²) in [6.07, 6.45) is -3.80. The molecule has 0 saturated carbocycles. The smallest absolute Gasteiger partial charge is 0.365 e. The second-order valence-corrected chi connectivity index (χ2v) is 8.81. The van der Waals surface area contributed by atoms with E-state index in [0.717, 1.165) is 28.9 Å². The molecule has 0 bridgehead atoms. The minimum Gasteiger partial charge on any atom is -0.365 e. The van der Waals surface area contributed by atoms with Crippen molar-refractivity contribution in [1.29, 1.82) is 0 Å². The molecule has 0 saturated heterocycles. The predicted octanol–water partition coefficient (Wildman–Crippen LogP) is 5.53. The van der Waals surface area contributed by atoms with Crippen LogP contribution in [0.3, 0.4) is 0 Å². The van der Waals surface area contributed by atoms with Crippen LogP contribution in [0.2, 0.25) is 0 Å². The number of anilines is 3. The number of alkyl halides is 3. The number of fused-ring (bicyclic) bond motifs is 2. The van der Waals surface area contributed by atoms with E-state index < -0.39 is 23.6 Å². The van der Waals surface area contributed by atoms with Gasteiger partial charge in [-0.3, -0.25) is 9.59 Å². The molecule has 0 fully saturated rings. The average molecular weight is 506 g/mol. The minimum absolute atomic E-state index is 0.0271. The summed E-state index contributed by atoms with van der Waals surface area (Å²) in [5, 5.41) is 10.4. The Bertz CT molecular complexity index is 1520. The molecule has 0 radical (unpaired) electrons. The molecule has 0 atom stereocenters. The first kappa shape index (κ1) is 24.1. The number of nitrogens with one attached hydrogen (secondary N) is 2. The summed E-state index contributed by atoms with van der Waals surface area (Å²) in [6.45, 7) is 2.55. The molecule has 1 aliphatic heterocycles. The van der Waals surface area contributed by atoms with Crippen LogP contribution in [-0.2, 0) is 19.1 Å². The summed E-state index contributed by atoms with van der Waals surface area (Å²) >= 11 is 0. The lowest BCUT2D eigenvalue weighted by atomic mass is 10.0. The summed E-state index contributed by atoms with van der Waals surface area (Å²) in [6, 6.07) is 16.7. The number of aromatic nitrogens is 2. The Morgan fingerprint density at radius 3 is 2.51 bits per heavy atom. The van der Waals surface area contributed by atoms with Crippen molar-refractivity contribution in [2.45, 2.75) is 26.1 Å². The Morgan fingerprint density at radius 2 is 1.81 bits per heavy atom. The largest absolute Gasteiger partial charge is 0.416 e. The van der Waals surface area contributed by atoms with Crippen LogP contribution in [-0.4, -0.2) is 21.6 Å². The fourth-order valence-corrected chi connectivity index (χ4v) is 4.35. The Morgan fingerprint density at radius 1 is 1.05 bits per heavy atom. The minimum atomic E-state index is -4.51. The molecule has 3 aromatic carbocycles. The number of carbonyl (C=O) groups is 2. The van der Waals surface area contributed by atoms with Gasteiger partial charge in [0, 0.05) is 29.0 Å². The van der Waals surface area contributed by atoms with E-state index in [1.807, 2.05) is 19.1 Å². The number of amides is 2. The highest BCUT2D eigenvalue weighted by atomic mass is 19.4. The second-order valence-electron chi connectivity index (χ2n) is 8.81. The zero-order valence-electron chi connectivity index (χ0n) is 19.7. The van der Waals surface area contributed by atoms with Crippen molar-refractivity contribution in [3.8, 4) is 11.3 Å². The number of nitrogens with zero attached hydrogens (tertiary/aromatic N) is 2. The van der Waals surface area contributed by atoms with Gasteiger partial charge in [-0.05, 0) is 55.3 Å². The lowest BCUT2D eigenvalue weighted by Crippen LogP contribution is -2.14. The molecule has 1 aliphatic rings. The van der Waals surface area contributed by atoms with Crippen molar-refractivity contribution >= 4 is 29.0 Å². The fourth-order valence-electron chi connectivity index (χ4n) is 4.35. The van der Waals surface area contributed by atoms with Gasteiger partial charge in [-0.2, -0.15) is 18.3 Å². The topological polar surface area (TPSA) is 102 Å². The van der Waals surface area contributed by atoms with E-state index >= 15 is 0 Å². The van der Waals surface area contributed by atoms with Gasteiger partial charge in [-0.15, -0.1) is 0 Å². The Balaban J connectivity index is 1.42. The quantitative estimate of drug-likeness (QED) is 0.340. The Kier molecular flexibility index (Phi) is 5.94. The van der Waals surface area contributed by atoms with E-state index in [1.54, 1.807) is 16.8 Å². The lowest BCUT2D eigenvalue weighted by molar-refractivity contribution is -0.137.